The zero-order valence-electron chi connectivity index (χ0n) is 14.5. The molecule has 0 spiro atoms. The lowest BCUT2D eigenvalue weighted by Gasteiger charge is -2.10. The number of ether oxygens (including phenoxy) is 2. The van der Waals surface area contributed by atoms with Gasteiger partial charge in [-0.05, 0) is 57.2 Å². The van der Waals surface area contributed by atoms with Crippen LogP contribution in [0.3, 0.4) is 0 Å². The van der Waals surface area contributed by atoms with E-state index >= 15 is 0 Å². The number of benzene rings is 2. The number of hydrogen-bond acceptors (Lipinski definition) is 5. The largest absolute Gasteiger partial charge is 0.493 e. The second kappa shape index (κ2) is 8.53. The Morgan fingerprint density at radius 1 is 1.12 bits per heavy atom. The molecule has 0 atom stereocenters. The van der Waals surface area contributed by atoms with Gasteiger partial charge in [0.1, 0.15) is 11.5 Å². The maximum absolute atomic E-state index is 12.3. The van der Waals surface area contributed by atoms with Crippen LogP contribution in [0.5, 0.6) is 11.5 Å². The number of rotatable bonds is 8. The highest BCUT2D eigenvalue weighted by molar-refractivity contribution is 7.89. The van der Waals surface area contributed by atoms with Crippen molar-refractivity contribution in [3.8, 4) is 11.5 Å². The van der Waals surface area contributed by atoms with Gasteiger partial charge in [0.05, 0.1) is 23.8 Å². The average Bonchev–Trinajstić information content (AvgIpc) is 2.56. The molecule has 0 aliphatic carbocycles. The van der Waals surface area contributed by atoms with Crippen molar-refractivity contribution in [1.82, 2.24) is 4.83 Å². The van der Waals surface area contributed by atoms with Crippen LogP contribution in [0, 0.1) is 0 Å². The van der Waals surface area contributed by atoms with Crippen molar-refractivity contribution < 1.29 is 17.9 Å². The maximum atomic E-state index is 12.3. The molecule has 0 aliphatic rings. The van der Waals surface area contributed by atoms with Crippen molar-refractivity contribution in [2.24, 2.45) is 5.10 Å². The van der Waals surface area contributed by atoms with E-state index in [-0.39, 0.29) is 11.0 Å². The van der Waals surface area contributed by atoms with Gasteiger partial charge in [-0.1, -0.05) is 12.1 Å². The van der Waals surface area contributed by atoms with E-state index in [4.69, 9.17) is 9.47 Å². The van der Waals surface area contributed by atoms with Crippen molar-refractivity contribution in [1.29, 1.82) is 0 Å². The van der Waals surface area contributed by atoms with Crippen LogP contribution in [-0.4, -0.2) is 27.3 Å². The Labute approximate surface area is 148 Å². The molecule has 2 aromatic carbocycles. The molecule has 134 valence electrons. The van der Waals surface area contributed by atoms with Gasteiger partial charge in [0.25, 0.3) is 10.0 Å². The molecule has 0 heterocycles. The van der Waals surface area contributed by atoms with Crippen molar-refractivity contribution in [3.05, 3.63) is 54.1 Å². The lowest BCUT2D eigenvalue weighted by atomic mass is 10.2. The second-order valence-electron chi connectivity index (χ2n) is 5.46. The second-order valence-corrected chi connectivity index (χ2v) is 7.12. The Bertz CT molecular complexity index is 815. The fourth-order valence-corrected chi connectivity index (χ4v) is 2.85. The van der Waals surface area contributed by atoms with Crippen molar-refractivity contribution in [3.63, 3.8) is 0 Å². The fourth-order valence-electron chi connectivity index (χ4n) is 2.06. The number of nitrogens with one attached hydrogen (secondary N) is 1. The third kappa shape index (κ3) is 5.49. The molecule has 2 aromatic rings. The predicted octanol–water partition coefficient (Wildman–Crippen LogP) is 3.18. The van der Waals surface area contributed by atoms with Crippen LogP contribution in [0.4, 0.5) is 0 Å². The Kier molecular flexibility index (Phi) is 6.41. The smallest absolute Gasteiger partial charge is 0.276 e. The minimum absolute atomic E-state index is 0.0237. The van der Waals surface area contributed by atoms with Gasteiger partial charge >= 0.3 is 0 Å². The summed E-state index contributed by atoms with van der Waals surface area (Å²) in [5, 5.41) is 3.83. The SMILES string of the molecule is CCOc1ccccc1/C=N/NS(=O)(=O)c1ccc(OC(C)C)cc1. The van der Waals surface area contributed by atoms with Gasteiger partial charge in [-0.2, -0.15) is 13.5 Å². The zero-order valence-corrected chi connectivity index (χ0v) is 15.3. The van der Waals surface area contributed by atoms with Gasteiger partial charge in [-0.25, -0.2) is 4.83 Å². The molecule has 0 saturated heterocycles. The molecule has 0 amide bonds. The normalized spacial score (nSPS) is 11.7. The summed E-state index contributed by atoms with van der Waals surface area (Å²) in [6, 6.07) is 13.4. The van der Waals surface area contributed by atoms with E-state index in [0.29, 0.717) is 23.7 Å². The third-order valence-electron chi connectivity index (χ3n) is 3.10. The summed E-state index contributed by atoms with van der Waals surface area (Å²) in [6.45, 7) is 6.20. The summed E-state index contributed by atoms with van der Waals surface area (Å²) in [5.41, 5.74) is 0.688. The highest BCUT2D eigenvalue weighted by Gasteiger charge is 2.13. The van der Waals surface area contributed by atoms with E-state index in [1.54, 1.807) is 24.3 Å². The van der Waals surface area contributed by atoms with E-state index in [2.05, 4.69) is 9.93 Å². The van der Waals surface area contributed by atoms with Crippen LogP contribution in [0.15, 0.2) is 58.5 Å². The summed E-state index contributed by atoms with van der Waals surface area (Å²) in [4.78, 5) is 2.31. The van der Waals surface area contributed by atoms with Crippen molar-refractivity contribution in [2.45, 2.75) is 31.8 Å². The van der Waals surface area contributed by atoms with Gasteiger partial charge in [-0.3, -0.25) is 0 Å². The quantitative estimate of drug-likeness (QED) is 0.578. The summed E-state index contributed by atoms with van der Waals surface area (Å²) < 4.78 is 35.5. The molecule has 0 unspecified atom stereocenters. The Morgan fingerprint density at radius 2 is 1.80 bits per heavy atom. The standard InChI is InChI=1S/C18H22N2O4S/c1-4-23-18-8-6-5-7-15(18)13-19-20-25(21,22)17-11-9-16(10-12-17)24-14(2)3/h5-14,20H,4H2,1-3H3/b19-13+. The minimum Gasteiger partial charge on any atom is -0.493 e. The number of nitrogens with zero attached hydrogens (tertiary/aromatic N) is 1. The number of hydrogen-bond donors (Lipinski definition) is 1. The van der Waals surface area contributed by atoms with Gasteiger partial charge in [-0.15, -0.1) is 0 Å². The summed E-state index contributed by atoms with van der Waals surface area (Å²) in [5.74, 6) is 1.26. The molecule has 0 fully saturated rings. The lowest BCUT2D eigenvalue weighted by molar-refractivity contribution is 0.242. The molecule has 1 N–H and O–H groups in total. The molecule has 7 heteroatoms. The van der Waals surface area contributed by atoms with Crippen LogP contribution in [0.1, 0.15) is 26.3 Å². The molecular formula is C18H22N2O4S. The molecule has 0 aromatic heterocycles. The van der Waals surface area contributed by atoms with Gasteiger partial charge < -0.3 is 9.47 Å². The highest BCUT2D eigenvalue weighted by Crippen LogP contribution is 2.18. The molecule has 0 saturated carbocycles. The molecule has 0 bridgehead atoms. The molecule has 25 heavy (non-hydrogen) atoms. The first-order valence-electron chi connectivity index (χ1n) is 7.96. The van der Waals surface area contributed by atoms with Gasteiger partial charge in [0.2, 0.25) is 0 Å². The first-order chi connectivity index (χ1) is 11.9. The van der Waals surface area contributed by atoms with Crippen molar-refractivity contribution >= 4 is 16.2 Å². The van der Waals surface area contributed by atoms with Crippen LogP contribution < -0.4 is 14.3 Å². The highest BCUT2D eigenvalue weighted by atomic mass is 32.2. The minimum atomic E-state index is -3.75. The van der Waals surface area contributed by atoms with E-state index in [9.17, 15) is 8.42 Å². The van der Waals surface area contributed by atoms with Crippen LogP contribution >= 0.6 is 0 Å². The summed E-state index contributed by atoms with van der Waals surface area (Å²) in [7, 11) is -3.75. The summed E-state index contributed by atoms with van der Waals surface area (Å²) >= 11 is 0. The number of hydrazone groups is 1. The molecule has 2 rings (SSSR count). The van der Waals surface area contributed by atoms with Gasteiger partial charge in [0.15, 0.2) is 0 Å². The predicted molar refractivity (Wildman–Crippen MR) is 97.7 cm³/mol. The first kappa shape index (κ1) is 18.8. The lowest BCUT2D eigenvalue weighted by Crippen LogP contribution is -2.18. The van der Waals surface area contributed by atoms with Crippen molar-refractivity contribution in [2.75, 3.05) is 6.61 Å². The molecule has 0 aliphatic heterocycles. The van der Waals surface area contributed by atoms with E-state index in [1.807, 2.05) is 32.9 Å². The first-order valence-corrected chi connectivity index (χ1v) is 9.44. The fraction of sp³-hybridized carbons (Fsp3) is 0.278. The zero-order chi connectivity index (χ0) is 18.3. The Hall–Kier alpha value is -2.54. The number of sulfonamides is 1. The van der Waals surface area contributed by atoms with Crippen LogP contribution in [-0.2, 0) is 10.0 Å². The van der Waals surface area contributed by atoms with E-state index in [1.165, 1.54) is 18.3 Å². The van der Waals surface area contributed by atoms with E-state index < -0.39 is 10.0 Å². The van der Waals surface area contributed by atoms with Gasteiger partial charge in [0, 0.05) is 5.56 Å². The molecule has 0 radical (unpaired) electrons. The Morgan fingerprint density at radius 3 is 2.44 bits per heavy atom. The Balaban J connectivity index is 2.09. The van der Waals surface area contributed by atoms with Crippen LogP contribution in [0.25, 0.3) is 0 Å². The maximum Gasteiger partial charge on any atom is 0.276 e. The number of para-hydroxylation sites is 1. The van der Waals surface area contributed by atoms with Crippen LogP contribution in [0.2, 0.25) is 0 Å². The van der Waals surface area contributed by atoms with E-state index in [0.717, 1.165) is 0 Å². The topological polar surface area (TPSA) is 77.0 Å². The monoisotopic (exact) mass is 362 g/mol. The third-order valence-corrected chi connectivity index (χ3v) is 4.34. The average molecular weight is 362 g/mol. The molecule has 6 nitrogen and oxygen atoms in total. The molecular weight excluding hydrogens is 340 g/mol. The summed E-state index contributed by atoms with van der Waals surface area (Å²) in [6.07, 6.45) is 1.44.